The first kappa shape index (κ1) is 10.3. The lowest BCUT2D eigenvalue weighted by Gasteiger charge is -1.90. The highest BCUT2D eigenvalue weighted by molar-refractivity contribution is 14.0. The molecule has 4 heteroatoms. The van der Waals surface area contributed by atoms with Gasteiger partial charge in [0.1, 0.15) is 0 Å². The molecule has 1 aromatic carbocycles. The van der Waals surface area contributed by atoms with Crippen LogP contribution in [0.1, 0.15) is 5.56 Å². The normalized spacial score (nSPS) is 7.64. The Morgan fingerprint density at radius 3 is 2.45 bits per heavy atom. The van der Waals surface area contributed by atoms with E-state index >= 15 is 0 Å². The average Bonchev–Trinajstić information content (AvgIpc) is 2.03. The Morgan fingerprint density at radius 2 is 1.91 bits per heavy atom. The molecule has 1 rings (SSSR count). The minimum Gasteiger partial charge on any atom is -0.107 e. The molecule has 11 heavy (non-hydrogen) atoms. The molecular weight excluding hydrogens is 253 g/mol. The summed E-state index contributed by atoms with van der Waals surface area (Å²) in [4.78, 5) is 2.66. The number of nitrogens with zero attached hydrogens (tertiary/aromatic N) is 3. The highest BCUT2D eigenvalue weighted by atomic mass is 127. The van der Waals surface area contributed by atoms with Gasteiger partial charge in [-0.1, -0.05) is 35.4 Å². The molecule has 0 saturated heterocycles. The maximum atomic E-state index is 7.99. The van der Waals surface area contributed by atoms with Crippen LogP contribution in [0, 0.1) is 0 Å². The molecule has 1 aromatic rings. The van der Waals surface area contributed by atoms with Gasteiger partial charge in [-0.25, -0.2) is 0 Å². The zero-order valence-electron chi connectivity index (χ0n) is 5.84. The van der Waals surface area contributed by atoms with Crippen LogP contribution in [-0.2, 0) is 6.54 Å². The van der Waals surface area contributed by atoms with Crippen LogP contribution >= 0.6 is 24.0 Å². The van der Waals surface area contributed by atoms with Crippen LogP contribution in [0.4, 0.5) is 0 Å². The lowest BCUT2D eigenvalue weighted by Crippen LogP contribution is -1.75. The molecule has 0 saturated carbocycles. The van der Waals surface area contributed by atoms with Crippen molar-refractivity contribution in [2.75, 3.05) is 0 Å². The largest absolute Gasteiger partial charge is 0.107 e. The summed E-state index contributed by atoms with van der Waals surface area (Å²) < 4.78 is 0. The number of rotatable bonds is 2. The lowest BCUT2D eigenvalue weighted by atomic mass is 10.2. The van der Waals surface area contributed by atoms with Gasteiger partial charge in [-0.15, -0.1) is 24.0 Å². The summed E-state index contributed by atoms with van der Waals surface area (Å²) in [7, 11) is 0. The van der Waals surface area contributed by atoms with E-state index in [4.69, 9.17) is 5.53 Å². The Labute approximate surface area is 82.1 Å². The van der Waals surface area contributed by atoms with Crippen molar-refractivity contribution in [2.24, 2.45) is 5.11 Å². The molecule has 0 heterocycles. The molecule has 0 spiro atoms. The third kappa shape index (κ3) is 3.85. The van der Waals surface area contributed by atoms with Gasteiger partial charge in [0, 0.05) is 4.91 Å². The predicted octanol–water partition coefficient (Wildman–Crippen LogP) is 3.11. The second-order valence-corrected chi connectivity index (χ2v) is 1.87. The zero-order chi connectivity index (χ0) is 7.23. The molecule has 0 amide bonds. The van der Waals surface area contributed by atoms with Crippen molar-refractivity contribution in [1.29, 1.82) is 0 Å². The van der Waals surface area contributed by atoms with Gasteiger partial charge in [-0.2, -0.15) is 0 Å². The molecule has 0 aliphatic carbocycles. The fourth-order valence-electron chi connectivity index (χ4n) is 0.697. The monoisotopic (exact) mass is 261 g/mol. The van der Waals surface area contributed by atoms with E-state index in [9.17, 15) is 0 Å². The summed E-state index contributed by atoms with van der Waals surface area (Å²) >= 11 is 0. The van der Waals surface area contributed by atoms with E-state index in [0.29, 0.717) is 6.54 Å². The third-order valence-corrected chi connectivity index (χ3v) is 1.16. The van der Waals surface area contributed by atoms with Crippen LogP contribution in [0.25, 0.3) is 10.4 Å². The highest BCUT2D eigenvalue weighted by Crippen LogP contribution is 1.99. The molecule has 0 aromatic heterocycles. The number of hydrogen-bond acceptors (Lipinski definition) is 1. The summed E-state index contributed by atoms with van der Waals surface area (Å²) in [6.07, 6.45) is 0. The van der Waals surface area contributed by atoms with Gasteiger partial charge >= 0.3 is 0 Å². The molecule has 0 N–H and O–H groups in total. The molecule has 0 radical (unpaired) electrons. The fourth-order valence-corrected chi connectivity index (χ4v) is 0.697. The van der Waals surface area contributed by atoms with Gasteiger partial charge in [-0.05, 0) is 11.1 Å². The number of hydrogen-bond donors (Lipinski definition) is 0. The van der Waals surface area contributed by atoms with Crippen LogP contribution in [0.3, 0.4) is 0 Å². The molecule has 0 aliphatic rings. The number of benzene rings is 1. The lowest BCUT2D eigenvalue weighted by molar-refractivity contribution is 1.05. The van der Waals surface area contributed by atoms with Gasteiger partial charge in [0.25, 0.3) is 0 Å². The van der Waals surface area contributed by atoms with Crippen LogP contribution in [0.15, 0.2) is 35.4 Å². The first-order chi connectivity index (χ1) is 4.93. The Hall–Kier alpha value is -0.740. The first-order valence-electron chi connectivity index (χ1n) is 2.98. The Bertz CT molecular complexity index is 241. The van der Waals surface area contributed by atoms with E-state index in [2.05, 4.69) is 10.0 Å². The van der Waals surface area contributed by atoms with Crippen molar-refractivity contribution >= 4 is 24.0 Å². The quantitative estimate of drug-likeness (QED) is 0.340. The molecule has 0 unspecified atom stereocenters. The standard InChI is InChI=1S/C7H7N3.HI/c8-10-9-6-7-4-2-1-3-5-7;/h1-5H,6H2;1H. The van der Waals surface area contributed by atoms with Crippen molar-refractivity contribution in [3.8, 4) is 0 Å². The minimum atomic E-state index is 0. The summed E-state index contributed by atoms with van der Waals surface area (Å²) in [6.45, 7) is 0.442. The predicted molar refractivity (Wildman–Crippen MR) is 54.7 cm³/mol. The van der Waals surface area contributed by atoms with Crippen molar-refractivity contribution in [2.45, 2.75) is 6.54 Å². The van der Waals surface area contributed by atoms with E-state index in [1.54, 1.807) is 0 Å². The van der Waals surface area contributed by atoms with Crippen molar-refractivity contribution in [3.63, 3.8) is 0 Å². The Kier molecular flexibility index (Phi) is 5.60. The SMILES string of the molecule is I.[N-]=[N+]=NCc1ccccc1. The summed E-state index contributed by atoms with van der Waals surface area (Å²) in [5.74, 6) is 0. The van der Waals surface area contributed by atoms with E-state index in [1.807, 2.05) is 30.3 Å². The van der Waals surface area contributed by atoms with E-state index in [-0.39, 0.29) is 24.0 Å². The smallest absolute Gasteiger partial charge is 0.0510 e. The fraction of sp³-hybridized carbons (Fsp3) is 0.143. The highest BCUT2D eigenvalue weighted by Gasteiger charge is 1.83. The second-order valence-electron chi connectivity index (χ2n) is 1.87. The molecule has 58 valence electrons. The van der Waals surface area contributed by atoms with E-state index < -0.39 is 0 Å². The van der Waals surface area contributed by atoms with Crippen LogP contribution in [0.2, 0.25) is 0 Å². The van der Waals surface area contributed by atoms with Crippen LogP contribution in [-0.4, -0.2) is 0 Å². The van der Waals surface area contributed by atoms with E-state index in [1.165, 1.54) is 0 Å². The van der Waals surface area contributed by atoms with Crippen LogP contribution < -0.4 is 0 Å². The van der Waals surface area contributed by atoms with Gasteiger partial charge < -0.3 is 0 Å². The summed E-state index contributed by atoms with van der Waals surface area (Å²) in [5, 5.41) is 3.42. The second kappa shape index (κ2) is 6.00. The maximum Gasteiger partial charge on any atom is 0.0510 e. The van der Waals surface area contributed by atoms with Crippen molar-refractivity contribution < 1.29 is 0 Å². The minimum absolute atomic E-state index is 0. The third-order valence-electron chi connectivity index (χ3n) is 1.16. The van der Waals surface area contributed by atoms with Gasteiger partial charge in [0.05, 0.1) is 6.54 Å². The van der Waals surface area contributed by atoms with E-state index in [0.717, 1.165) is 5.56 Å². The molecule has 3 nitrogen and oxygen atoms in total. The zero-order valence-corrected chi connectivity index (χ0v) is 8.17. The molecule has 0 atom stereocenters. The van der Waals surface area contributed by atoms with Crippen LogP contribution in [0.5, 0.6) is 0 Å². The molecule has 0 aliphatic heterocycles. The summed E-state index contributed by atoms with van der Waals surface area (Å²) in [5.41, 5.74) is 9.03. The number of halogens is 1. The van der Waals surface area contributed by atoms with Crippen molar-refractivity contribution in [1.82, 2.24) is 0 Å². The Morgan fingerprint density at radius 1 is 1.27 bits per heavy atom. The molecule has 0 bridgehead atoms. The van der Waals surface area contributed by atoms with Crippen molar-refractivity contribution in [3.05, 3.63) is 46.3 Å². The maximum absolute atomic E-state index is 7.99. The van der Waals surface area contributed by atoms with Gasteiger partial charge in [-0.3, -0.25) is 0 Å². The molecule has 0 fully saturated rings. The van der Waals surface area contributed by atoms with Gasteiger partial charge in [0.2, 0.25) is 0 Å². The first-order valence-corrected chi connectivity index (χ1v) is 2.98. The topological polar surface area (TPSA) is 48.8 Å². The Balaban J connectivity index is 0.000001000. The average molecular weight is 261 g/mol. The van der Waals surface area contributed by atoms with Gasteiger partial charge in [0.15, 0.2) is 0 Å². The molecular formula is C7H8IN3. The summed E-state index contributed by atoms with van der Waals surface area (Å²) in [6, 6.07) is 9.62. The number of azide groups is 1.